The molecule has 0 saturated heterocycles. The van der Waals surface area contributed by atoms with Gasteiger partial charge in [-0.2, -0.15) is 0 Å². The van der Waals surface area contributed by atoms with Crippen LogP contribution in [0.4, 0.5) is 0 Å². The number of hydrogen-bond donors (Lipinski definition) is 1. The van der Waals surface area contributed by atoms with Crippen LogP contribution in [-0.4, -0.2) is 11.2 Å². The van der Waals surface area contributed by atoms with E-state index in [9.17, 15) is 0 Å². The quantitative estimate of drug-likeness (QED) is 0.680. The first-order valence-corrected chi connectivity index (χ1v) is 4.49. The number of aliphatic hydroxyl groups is 1. The molecule has 1 nitrogen and oxygen atoms in total. The molecule has 0 aromatic heterocycles. The van der Waals surface area contributed by atoms with E-state index in [4.69, 9.17) is 5.11 Å². The van der Waals surface area contributed by atoms with E-state index >= 15 is 0 Å². The Hall–Kier alpha value is -1.26. The van der Waals surface area contributed by atoms with Crippen molar-refractivity contribution in [2.45, 2.75) is 25.9 Å². The fourth-order valence-electron chi connectivity index (χ4n) is 1.07. The number of benzene rings is 1. The van der Waals surface area contributed by atoms with Crippen LogP contribution in [0.5, 0.6) is 0 Å². The summed E-state index contributed by atoms with van der Waals surface area (Å²) in [6.07, 6.45) is 1.27. The highest BCUT2D eigenvalue weighted by molar-refractivity contribution is 5.16. The second kappa shape index (κ2) is 5.40. The van der Waals surface area contributed by atoms with Gasteiger partial charge in [0.15, 0.2) is 0 Å². The van der Waals surface area contributed by atoms with Crippen molar-refractivity contribution in [3.63, 3.8) is 0 Å². The minimum atomic E-state index is -0.504. The molecule has 0 amide bonds. The second-order valence-electron chi connectivity index (χ2n) is 2.98. The average molecular weight is 174 g/mol. The van der Waals surface area contributed by atoms with Crippen molar-refractivity contribution in [2.24, 2.45) is 0 Å². The summed E-state index contributed by atoms with van der Waals surface area (Å²) in [6, 6.07) is 10.2. The van der Waals surface area contributed by atoms with Gasteiger partial charge in [-0.25, -0.2) is 0 Å². The van der Waals surface area contributed by atoms with Crippen LogP contribution in [0.3, 0.4) is 0 Å². The lowest BCUT2D eigenvalue weighted by atomic mass is 10.1. The normalized spacial score (nSPS) is 11.5. The van der Waals surface area contributed by atoms with Gasteiger partial charge in [0.05, 0.1) is 0 Å². The first-order valence-electron chi connectivity index (χ1n) is 4.49. The molecule has 1 N–H and O–H groups in total. The summed E-state index contributed by atoms with van der Waals surface area (Å²) in [6.45, 7) is 1.68. The zero-order valence-electron chi connectivity index (χ0n) is 7.83. The summed E-state index contributed by atoms with van der Waals surface area (Å²) in [7, 11) is 0. The zero-order valence-corrected chi connectivity index (χ0v) is 7.83. The topological polar surface area (TPSA) is 20.2 Å². The summed E-state index contributed by atoms with van der Waals surface area (Å²) < 4.78 is 0. The Morgan fingerprint density at radius 1 is 1.31 bits per heavy atom. The van der Waals surface area contributed by atoms with Gasteiger partial charge >= 0.3 is 0 Å². The maximum Gasteiger partial charge on any atom is 0.111 e. The standard InChI is InChI=1S/C12H14O/c1-11(13)7-5-6-10-12-8-3-2-4-9-12/h2-4,8-9,11,13H,6,10H2,1H3/t11-/m0/s1. The van der Waals surface area contributed by atoms with E-state index in [1.165, 1.54) is 5.56 Å². The van der Waals surface area contributed by atoms with Crippen molar-refractivity contribution in [2.75, 3.05) is 0 Å². The SMILES string of the molecule is C[C@H](O)C#CCCc1ccccc1. The molecule has 0 spiro atoms. The van der Waals surface area contributed by atoms with Crippen molar-refractivity contribution >= 4 is 0 Å². The minimum absolute atomic E-state index is 0.504. The van der Waals surface area contributed by atoms with Crippen molar-refractivity contribution in [1.29, 1.82) is 0 Å². The van der Waals surface area contributed by atoms with Crippen molar-refractivity contribution in [3.8, 4) is 11.8 Å². The minimum Gasteiger partial charge on any atom is -0.381 e. The molecule has 1 heteroatoms. The molecule has 68 valence electrons. The Kier molecular flexibility index (Phi) is 4.08. The van der Waals surface area contributed by atoms with E-state index in [1.54, 1.807) is 6.92 Å². The molecule has 0 aliphatic rings. The molecule has 1 rings (SSSR count). The molecule has 0 aliphatic carbocycles. The lowest BCUT2D eigenvalue weighted by Gasteiger charge is -1.94. The molecule has 0 bridgehead atoms. The number of rotatable bonds is 2. The van der Waals surface area contributed by atoms with Crippen molar-refractivity contribution in [3.05, 3.63) is 35.9 Å². The number of aryl methyl sites for hydroxylation is 1. The predicted molar refractivity (Wildman–Crippen MR) is 54.2 cm³/mol. The van der Waals surface area contributed by atoms with Crippen molar-refractivity contribution in [1.82, 2.24) is 0 Å². The predicted octanol–water partition coefficient (Wildman–Crippen LogP) is 2.00. The van der Waals surface area contributed by atoms with Gasteiger partial charge in [0, 0.05) is 6.42 Å². The van der Waals surface area contributed by atoms with E-state index in [2.05, 4.69) is 24.0 Å². The van der Waals surface area contributed by atoms with Crippen LogP contribution in [-0.2, 0) is 6.42 Å². The lowest BCUT2D eigenvalue weighted by molar-refractivity contribution is 0.253. The number of hydrogen-bond acceptors (Lipinski definition) is 1. The maximum atomic E-state index is 8.88. The van der Waals surface area contributed by atoms with Crippen LogP contribution in [0.25, 0.3) is 0 Å². The van der Waals surface area contributed by atoms with E-state index in [0.29, 0.717) is 0 Å². The largest absolute Gasteiger partial charge is 0.381 e. The molecule has 0 heterocycles. The van der Waals surface area contributed by atoms with Gasteiger partial charge in [0.1, 0.15) is 6.10 Å². The Bertz CT molecular complexity index is 290. The molecule has 0 radical (unpaired) electrons. The maximum absolute atomic E-state index is 8.88. The summed E-state index contributed by atoms with van der Waals surface area (Å²) in [4.78, 5) is 0. The number of aliphatic hydroxyl groups excluding tert-OH is 1. The molecule has 0 saturated carbocycles. The average Bonchev–Trinajstić information content (AvgIpc) is 2.14. The first kappa shape index (κ1) is 9.83. The van der Waals surface area contributed by atoms with Crippen LogP contribution >= 0.6 is 0 Å². The summed E-state index contributed by atoms with van der Waals surface area (Å²) >= 11 is 0. The molecule has 1 aromatic carbocycles. The fourth-order valence-corrected chi connectivity index (χ4v) is 1.07. The van der Waals surface area contributed by atoms with Crippen LogP contribution in [0.15, 0.2) is 30.3 Å². The van der Waals surface area contributed by atoms with Gasteiger partial charge in [0.25, 0.3) is 0 Å². The highest BCUT2D eigenvalue weighted by Crippen LogP contribution is 2.01. The smallest absolute Gasteiger partial charge is 0.111 e. The van der Waals surface area contributed by atoms with Gasteiger partial charge in [0.2, 0.25) is 0 Å². The van der Waals surface area contributed by atoms with E-state index in [-0.39, 0.29) is 0 Å². The van der Waals surface area contributed by atoms with E-state index in [0.717, 1.165) is 12.8 Å². The van der Waals surface area contributed by atoms with Crippen LogP contribution in [0.1, 0.15) is 18.9 Å². The first-order chi connectivity index (χ1) is 6.29. The lowest BCUT2D eigenvalue weighted by Crippen LogP contribution is -1.92. The molecule has 13 heavy (non-hydrogen) atoms. The molecule has 0 fully saturated rings. The monoisotopic (exact) mass is 174 g/mol. The fraction of sp³-hybridized carbons (Fsp3) is 0.333. The third kappa shape index (κ3) is 4.35. The molecular weight excluding hydrogens is 160 g/mol. The van der Waals surface area contributed by atoms with Crippen molar-refractivity contribution < 1.29 is 5.11 Å². The van der Waals surface area contributed by atoms with Gasteiger partial charge in [-0.1, -0.05) is 36.3 Å². The van der Waals surface area contributed by atoms with Gasteiger partial charge < -0.3 is 5.11 Å². The van der Waals surface area contributed by atoms with Gasteiger partial charge in [-0.15, -0.1) is 5.92 Å². The second-order valence-corrected chi connectivity index (χ2v) is 2.98. The highest BCUT2D eigenvalue weighted by Gasteiger charge is 1.88. The Labute approximate surface area is 79.4 Å². The Balaban J connectivity index is 2.33. The third-order valence-electron chi connectivity index (χ3n) is 1.69. The van der Waals surface area contributed by atoms with Crippen LogP contribution < -0.4 is 0 Å². The molecular formula is C12H14O. The van der Waals surface area contributed by atoms with Gasteiger partial charge in [-0.05, 0) is 18.9 Å². The summed E-state index contributed by atoms with van der Waals surface area (Å²) in [5.41, 5.74) is 1.29. The van der Waals surface area contributed by atoms with E-state index < -0.39 is 6.10 Å². The molecule has 1 aromatic rings. The van der Waals surface area contributed by atoms with Crippen LogP contribution in [0.2, 0.25) is 0 Å². The van der Waals surface area contributed by atoms with Crippen LogP contribution in [0, 0.1) is 11.8 Å². The zero-order chi connectivity index (χ0) is 9.52. The summed E-state index contributed by atoms with van der Waals surface area (Å²) in [5.74, 6) is 5.65. The van der Waals surface area contributed by atoms with Gasteiger partial charge in [-0.3, -0.25) is 0 Å². The molecule has 0 aliphatic heterocycles. The van der Waals surface area contributed by atoms with E-state index in [1.807, 2.05) is 18.2 Å². The Morgan fingerprint density at radius 3 is 2.62 bits per heavy atom. The third-order valence-corrected chi connectivity index (χ3v) is 1.69. The summed E-state index contributed by atoms with van der Waals surface area (Å²) in [5, 5.41) is 8.88. The molecule has 1 atom stereocenters. The highest BCUT2D eigenvalue weighted by atomic mass is 16.3. The Morgan fingerprint density at radius 2 is 2.00 bits per heavy atom. The molecule has 0 unspecified atom stereocenters.